The van der Waals surface area contributed by atoms with Gasteiger partial charge in [-0.25, -0.2) is 18.3 Å². The average molecular weight is 468 g/mol. The number of nitrogens with two attached hydrogens (primary N) is 1. The Bertz CT molecular complexity index is 1290. The molecule has 0 radical (unpaired) electrons. The third-order valence-electron chi connectivity index (χ3n) is 5.06. The van der Waals surface area contributed by atoms with Gasteiger partial charge in [0.1, 0.15) is 28.7 Å². The van der Waals surface area contributed by atoms with E-state index in [0.29, 0.717) is 10.6 Å². The Morgan fingerprint density at radius 2 is 1.76 bits per heavy atom. The largest absolute Gasteiger partial charge is 0.382 e. The van der Waals surface area contributed by atoms with Crippen LogP contribution in [0.2, 0.25) is 5.02 Å². The summed E-state index contributed by atoms with van der Waals surface area (Å²) in [5, 5.41) is 10.4. The van der Waals surface area contributed by atoms with E-state index in [4.69, 9.17) is 17.3 Å². The molecular weight excluding hydrogens is 448 g/mol. The van der Waals surface area contributed by atoms with E-state index >= 15 is 0 Å². The highest BCUT2D eigenvalue weighted by Gasteiger charge is 2.22. The molecule has 1 aromatic heterocycles. The van der Waals surface area contributed by atoms with Crippen LogP contribution in [-0.4, -0.2) is 15.8 Å². The van der Waals surface area contributed by atoms with E-state index in [1.165, 1.54) is 0 Å². The summed E-state index contributed by atoms with van der Waals surface area (Å²) in [6, 6.07) is 18.2. The van der Waals surface area contributed by atoms with Crippen LogP contribution in [0.4, 0.5) is 25.1 Å². The highest BCUT2D eigenvalue weighted by atomic mass is 35.5. The van der Waals surface area contributed by atoms with E-state index < -0.39 is 17.7 Å². The number of halogens is 3. The molecule has 3 aromatic carbocycles. The number of aromatic nitrogens is 2. The SMILES string of the molecule is CC(NC(=O)Nc1c(-c2ccc(Cl)cc2)nn(-c2cc(F)ccc2F)c1N)c1ccccc1. The summed E-state index contributed by atoms with van der Waals surface area (Å²) in [5.41, 5.74) is 7.98. The Balaban J connectivity index is 1.72. The molecule has 1 atom stereocenters. The molecule has 0 aliphatic carbocycles. The number of nitrogens with zero attached hydrogens (tertiary/aromatic N) is 2. The van der Waals surface area contributed by atoms with Gasteiger partial charge in [0.25, 0.3) is 0 Å². The molecule has 0 aliphatic heterocycles. The second-order valence-corrected chi connectivity index (χ2v) is 7.79. The van der Waals surface area contributed by atoms with Gasteiger partial charge in [0.05, 0.1) is 6.04 Å². The Labute approximate surface area is 194 Å². The van der Waals surface area contributed by atoms with E-state index in [2.05, 4.69) is 15.7 Å². The number of nitrogen functional groups attached to an aromatic ring is 1. The Kier molecular flexibility index (Phi) is 6.28. The van der Waals surface area contributed by atoms with Crippen LogP contribution in [0.5, 0.6) is 0 Å². The number of hydrogen-bond acceptors (Lipinski definition) is 3. The monoisotopic (exact) mass is 467 g/mol. The summed E-state index contributed by atoms with van der Waals surface area (Å²) >= 11 is 5.99. The van der Waals surface area contributed by atoms with Crippen molar-refractivity contribution in [3.63, 3.8) is 0 Å². The van der Waals surface area contributed by atoms with Crippen molar-refractivity contribution in [1.29, 1.82) is 0 Å². The van der Waals surface area contributed by atoms with Crippen molar-refractivity contribution in [2.24, 2.45) is 0 Å². The number of nitrogens with one attached hydrogen (secondary N) is 2. The molecule has 4 rings (SSSR count). The number of benzene rings is 3. The van der Waals surface area contributed by atoms with Crippen molar-refractivity contribution >= 4 is 29.1 Å². The molecular formula is C24H20ClF2N5O. The first-order chi connectivity index (χ1) is 15.8. The Hall–Kier alpha value is -3.91. The number of amides is 2. The molecule has 4 N–H and O–H groups in total. The number of rotatable bonds is 5. The quantitative estimate of drug-likeness (QED) is 0.340. The maximum absolute atomic E-state index is 14.5. The lowest BCUT2D eigenvalue weighted by Gasteiger charge is -2.15. The zero-order chi connectivity index (χ0) is 23.5. The van der Waals surface area contributed by atoms with Gasteiger partial charge >= 0.3 is 6.03 Å². The lowest BCUT2D eigenvalue weighted by atomic mass is 10.1. The minimum absolute atomic E-state index is 0.0630. The third kappa shape index (κ3) is 4.80. The molecule has 4 aromatic rings. The molecule has 33 heavy (non-hydrogen) atoms. The van der Waals surface area contributed by atoms with Gasteiger partial charge in [-0.05, 0) is 36.8 Å². The van der Waals surface area contributed by atoms with Gasteiger partial charge in [0.15, 0.2) is 5.82 Å². The summed E-state index contributed by atoms with van der Waals surface area (Å²) < 4.78 is 29.3. The summed E-state index contributed by atoms with van der Waals surface area (Å²) in [7, 11) is 0. The maximum Gasteiger partial charge on any atom is 0.319 e. The van der Waals surface area contributed by atoms with Crippen LogP contribution < -0.4 is 16.4 Å². The van der Waals surface area contributed by atoms with E-state index in [-0.39, 0.29) is 28.9 Å². The first-order valence-corrected chi connectivity index (χ1v) is 10.4. The van der Waals surface area contributed by atoms with E-state index in [1.807, 2.05) is 37.3 Å². The van der Waals surface area contributed by atoms with Gasteiger partial charge in [-0.1, -0.05) is 54.1 Å². The number of hydrogen-bond donors (Lipinski definition) is 3. The topological polar surface area (TPSA) is 85.0 Å². The van der Waals surface area contributed by atoms with Crippen LogP contribution in [0.1, 0.15) is 18.5 Å². The van der Waals surface area contributed by atoms with Crippen molar-refractivity contribution in [2.45, 2.75) is 13.0 Å². The number of urea groups is 1. The minimum atomic E-state index is -0.720. The van der Waals surface area contributed by atoms with Crippen molar-refractivity contribution < 1.29 is 13.6 Å². The van der Waals surface area contributed by atoms with Crippen molar-refractivity contribution in [3.8, 4) is 16.9 Å². The second kappa shape index (κ2) is 9.30. The fourth-order valence-corrected chi connectivity index (χ4v) is 3.49. The number of carbonyl (C=O) groups is 1. The maximum atomic E-state index is 14.5. The predicted octanol–water partition coefficient (Wildman–Crippen LogP) is 5.94. The molecule has 0 fully saturated rings. The first kappa shape index (κ1) is 22.3. The van der Waals surface area contributed by atoms with Crippen LogP contribution in [0.3, 0.4) is 0 Å². The Morgan fingerprint density at radius 1 is 1.06 bits per heavy atom. The van der Waals surface area contributed by atoms with E-state index in [0.717, 1.165) is 28.4 Å². The molecule has 0 spiro atoms. The molecule has 168 valence electrons. The van der Waals surface area contributed by atoms with Crippen LogP contribution in [0.15, 0.2) is 72.8 Å². The molecule has 1 heterocycles. The molecule has 0 saturated heterocycles. The minimum Gasteiger partial charge on any atom is -0.382 e. The zero-order valence-corrected chi connectivity index (χ0v) is 18.3. The smallest absolute Gasteiger partial charge is 0.319 e. The number of anilines is 2. The van der Waals surface area contributed by atoms with Crippen molar-refractivity contribution in [3.05, 3.63) is 95.0 Å². The fraction of sp³-hybridized carbons (Fsp3) is 0.0833. The van der Waals surface area contributed by atoms with E-state index in [1.54, 1.807) is 24.3 Å². The van der Waals surface area contributed by atoms with Gasteiger partial charge in [0, 0.05) is 16.7 Å². The molecule has 0 aliphatic rings. The summed E-state index contributed by atoms with van der Waals surface area (Å²) in [6.07, 6.45) is 0. The van der Waals surface area contributed by atoms with Gasteiger partial charge in [-0.2, -0.15) is 5.10 Å². The van der Waals surface area contributed by atoms with Crippen molar-refractivity contribution in [1.82, 2.24) is 15.1 Å². The molecule has 0 saturated carbocycles. The zero-order valence-electron chi connectivity index (χ0n) is 17.5. The first-order valence-electron chi connectivity index (χ1n) is 10.1. The van der Waals surface area contributed by atoms with Gasteiger partial charge < -0.3 is 16.4 Å². The van der Waals surface area contributed by atoms with Gasteiger partial charge in [-0.3, -0.25) is 0 Å². The molecule has 1 unspecified atom stereocenters. The highest BCUT2D eigenvalue weighted by molar-refractivity contribution is 6.30. The Morgan fingerprint density at radius 3 is 2.45 bits per heavy atom. The molecule has 2 amide bonds. The van der Waals surface area contributed by atoms with Gasteiger partial charge in [-0.15, -0.1) is 0 Å². The second-order valence-electron chi connectivity index (χ2n) is 7.35. The molecule has 9 heteroatoms. The fourth-order valence-electron chi connectivity index (χ4n) is 3.37. The summed E-state index contributed by atoms with van der Waals surface area (Å²) in [5.74, 6) is -1.44. The standard InChI is InChI=1S/C24H20ClF2N5O/c1-14(15-5-3-2-4-6-15)29-24(33)30-22-21(16-7-9-17(25)10-8-16)31-32(23(22)28)20-13-18(26)11-12-19(20)27/h2-14H,28H2,1H3,(H2,29,30,33). The summed E-state index contributed by atoms with van der Waals surface area (Å²) in [4.78, 5) is 12.8. The van der Waals surface area contributed by atoms with Crippen LogP contribution in [-0.2, 0) is 0 Å². The van der Waals surface area contributed by atoms with E-state index in [9.17, 15) is 13.6 Å². The lowest BCUT2D eigenvalue weighted by Crippen LogP contribution is -2.31. The normalized spacial score (nSPS) is 11.8. The number of carbonyl (C=O) groups excluding carboxylic acids is 1. The van der Waals surface area contributed by atoms with Crippen molar-refractivity contribution in [2.75, 3.05) is 11.1 Å². The predicted molar refractivity (Wildman–Crippen MR) is 125 cm³/mol. The van der Waals surface area contributed by atoms with Crippen LogP contribution >= 0.6 is 11.6 Å². The highest BCUT2D eigenvalue weighted by Crippen LogP contribution is 2.35. The molecule has 0 bridgehead atoms. The summed E-state index contributed by atoms with van der Waals surface area (Å²) in [6.45, 7) is 1.84. The van der Waals surface area contributed by atoms with Crippen LogP contribution in [0, 0.1) is 11.6 Å². The molecule has 6 nitrogen and oxygen atoms in total. The average Bonchev–Trinajstić information content (AvgIpc) is 3.12. The van der Waals surface area contributed by atoms with Crippen LogP contribution in [0.25, 0.3) is 16.9 Å². The van der Waals surface area contributed by atoms with Gasteiger partial charge in [0.2, 0.25) is 0 Å². The third-order valence-corrected chi connectivity index (χ3v) is 5.31. The lowest BCUT2D eigenvalue weighted by molar-refractivity contribution is 0.249.